The fourth-order valence-corrected chi connectivity index (χ4v) is 2.02. The van der Waals surface area contributed by atoms with Gasteiger partial charge in [0.15, 0.2) is 5.11 Å². The highest BCUT2D eigenvalue weighted by molar-refractivity contribution is 7.80. The van der Waals surface area contributed by atoms with E-state index in [1.807, 2.05) is 20.8 Å². The summed E-state index contributed by atoms with van der Waals surface area (Å²) in [6.45, 7) is 7.56. The Balaban J connectivity index is 2.27. The fourth-order valence-electron chi connectivity index (χ4n) is 1.77. The summed E-state index contributed by atoms with van der Waals surface area (Å²) in [5.74, 6) is 0. The maximum atomic E-state index is 11.5. The van der Waals surface area contributed by atoms with Crippen molar-refractivity contribution in [3.63, 3.8) is 0 Å². The van der Waals surface area contributed by atoms with Crippen molar-refractivity contribution in [3.05, 3.63) is 0 Å². The highest BCUT2D eigenvalue weighted by atomic mass is 32.1. The molecule has 5 nitrogen and oxygen atoms in total. The van der Waals surface area contributed by atoms with E-state index in [1.165, 1.54) is 0 Å². The summed E-state index contributed by atoms with van der Waals surface area (Å²) in [7, 11) is 2.10. The minimum absolute atomic E-state index is 0.337. The van der Waals surface area contributed by atoms with Crippen LogP contribution in [0.15, 0.2) is 0 Å². The van der Waals surface area contributed by atoms with Crippen molar-refractivity contribution in [2.24, 2.45) is 0 Å². The summed E-state index contributed by atoms with van der Waals surface area (Å²) < 4.78 is 5.13. The Kier molecular flexibility index (Phi) is 5.34. The molecular weight excluding hydrogens is 250 g/mol. The van der Waals surface area contributed by atoms with Gasteiger partial charge in [0, 0.05) is 6.04 Å². The number of carbonyl (C=O) groups is 1. The van der Waals surface area contributed by atoms with Gasteiger partial charge in [-0.2, -0.15) is 0 Å². The number of likely N-dealkylation sites (tertiary alicyclic amines) is 1. The molecule has 1 heterocycles. The number of carbonyl (C=O) groups excluding carboxylic acids is 1. The van der Waals surface area contributed by atoms with E-state index in [-0.39, 0.29) is 0 Å². The maximum Gasteiger partial charge on any atom is 0.413 e. The molecular formula is C12H23N3O2S. The van der Waals surface area contributed by atoms with Crippen molar-refractivity contribution in [1.82, 2.24) is 15.5 Å². The zero-order chi connectivity index (χ0) is 13.8. The number of thiocarbonyl (C=S) groups is 1. The third kappa shape index (κ3) is 6.16. The summed E-state index contributed by atoms with van der Waals surface area (Å²) in [6.07, 6.45) is 1.56. The summed E-state index contributed by atoms with van der Waals surface area (Å²) in [5, 5.41) is 6.04. The van der Waals surface area contributed by atoms with Gasteiger partial charge in [-0.05, 0) is 66.0 Å². The molecule has 0 aromatic rings. The first-order valence-corrected chi connectivity index (χ1v) is 6.66. The number of ether oxygens (including phenoxy) is 1. The Hall–Kier alpha value is -0.880. The molecule has 1 fully saturated rings. The van der Waals surface area contributed by atoms with Gasteiger partial charge in [0.05, 0.1) is 0 Å². The topological polar surface area (TPSA) is 53.6 Å². The van der Waals surface area contributed by atoms with Crippen LogP contribution in [0.25, 0.3) is 0 Å². The number of rotatable bonds is 1. The molecule has 0 aliphatic carbocycles. The van der Waals surface area contributed by atoms with Crippen molar-refractivity contribution < 1.29 is 9.53 Å². The first kappa shape index (κ1) is 15.2. The van der Waals surface area contributed by atoms with E-state index in [4.69, 9.17) is 17.0 Å². The third-order valence-electron chi connectivity index (χ3n) is 2.67. The van der Waals surface area contributed by atoms with Crippen LogP contribution >= 0.6 is 12.2 Å². The molecule has 0 bridgehead atoms. The number of nitrogens with zero attached hydrogens (tertiary/aromatic N) is 1. The second kappa shape index (κ2) is 6.33. The van der Waals surface area contributed by atoms with Gasteiger partial charge < -0.3 is 15.0 Å². The minimum Gasteiger partial charge on any atom is -0.444 e. The van der Waals surface area contributed by atoms with Crippen LogP contribution in [0.4, 0.5) is 4.79 Å². The van der Waals surface area contributed by atoms with Crippen LogP contribution in [-0.4, -0.2) is 47.9 Å². The van der Waals surface area contributed by atoms with E-state index in [0.29, 0.717) is 11.2 Å². The zero-order valence-electron chi connectivity index (χ0n) is 11.6. The molecule has 2 N–H and O–H groups in total. The average Bonchev–Trinajstić information content (AvgIpc) is 2.18. The molecule has 0 saturated carbocycles. The van der Waals surface area contributed by atoms with Crippen molar-refractivity contribution in [2.75, 3.05) is 20.1 Å². The predicted octanol–water partition coefficient (Wildman–Crippen LogP) is 1.48. The molecule has 0 atom stereocenters. The number of amides is 1. The Morgan fingerprint density at radius 1 is 1.33 bits per heavy atom. The summed E-state index contributed by atoms with van der Waals surface area (Å²) >= 11 is 5.09. The van der Waals surface area contributed by atoms with Crippen molar-refractivity contribution >= 4 is 23.4 Å². The van der Waals surface area contributed by atoms with Crippen LogP contribution in [0.2, 0.25) is 0 Å². The first-order valence-electron chi connectivity index (χ1n) is 6.25. The lowest BCUT2D eigenvalue weighted by Gasteiger charge is -2.30. The minimum atomic E-state index is -0.507. The third-order valence-corrected chi connectivity index (χ3v) is 2.89. The molecule has 1 aliphatic rings. The molecule has 18 heavy (non-hydrogen) atoms. The average molecular weight is 273 g/mol. The molecule has 0 unspecified atom stereocenters. The second-order valence-electron chi connectivity index (χ2n) is 5.68. The van der Waals surface area contributed by atoms with Gasteiger partial charge in [0.1, 0.15) is 5.60 Å². The van der Waals surface area contributed by atoms with Gasteiger partial charge in [-0.3, -0.25) is 5.32 Å². The number of hydrogen-bond donors (Lipinski definition) is 2. The number of nitrogens with one attached hydrogen (secondary N) is 2. The van der Waals surface area contributed by atoms with Crippen LogP contribution in [0, 0.1) is 0 Å². The van der Waals surface area contributed by atoms with Crippen molar-refractivity contribution in [3.8, 4) is 0 Å². The molecule has 0 aromatic heterocycles. The predicted molar refractivity (Wildman–Crippen MR) is 75.6 cm³/mol. The largest absolute Gasteiger partial charge is 0.444 e. The molecule has 1 saturated heterocycles. The molecule has 0 radical (unpaired) electrons. The van der Waals surface area contributed by atoms with Crippen molar-refractivity contribution in [1.29, 1.82) is 0 Å². The van der Waals surface area contributed by atoms with Crippen LogP contribution in [0.3, 0.4) is 0 Å². The Bertz CT molecular complexity index is 307. The Morgan fingerprint density at radius 3 is 2.39 bits per heavy atom. The number of alkyl carbamates (subject to hydrolysis) is 1. The Labute approximate surface area is 114 Å². The highest BCUT2D eigenvalue weighted by Gasteiger charge is 2.20. The summed E-state index contributed by atoms with van der Waals surface area (Å²) in [5.41, 5.74) is -0.507. The van der Waals surface area contributed by atoms with E-state index in [2.05, 4.69) is 22.6 Å². The lowest BCUT2D eigenvalue weighted by atomic mass is 10.1. The van der Waals surface area contributed by atoms with Crippen molar-refractivity contribution in [2.45, 2.75) is 45.3 Å². The second-order valence-corrected chi connectivity index (χ2v) is 6.09. The van der Waals surface area contributed by atoms with Gasteiger partial charge in [-0.1, -0.05) is 0 Å². The van der Waals surface area contributed by atoms with E-state index >= 15 is 0 Å². The quantitative estimate of drug-likeness (QED) is 0.709. The van der Waals surface area contributed by atoms with Crippen LogP contribution < -0.4 is 10.6 Å². The van der Waals surface area contributed by atoms with Gasteiger partial charge in [-0.25, -0.2) is 4.79 Å². The molecule has 1 amide bonds. The van der Waals surface area contributed by atoms with Crippen LogP contribution in [0.1, 0.15) is 33.6 Å². The normalized spacial score (nSPS) is 18.2. The zero-order valence-corrected chi connectivity index (χ0v) is 12.4. The monoisotopic (exact) mass is 273 g/mol. The SMILES string of the molecule is CN1CCC(NC(=S)NC(=O)OC(C)(C)C)CC1. The number of piperidine rings is 1. The van der Waals surface area contributed by atoms with E-state index in [0.717, 1.165) is 25.9 Å². The van der Waals surface area contributed by atoms with Gasteiger partial charge in [0.2, 0.25) is 0 Å². The van der Waals surface area contributed by atoms with E-state index in [9.17, 15) is 4.79 Å². The maximum absolute atomic E-state index is 11.5. The van der Waals surface area contributed by atoms with Crippen LogP contribution in [-0.2, 0) is 4.74 Å². The molecule has 0 aromatic carbocycles. The summed E-state index contributed by atoms with van der Waals surface area (Å²) in [6, 6.07) is 0.337. The van der Waals surface area contributed by atoms with Gasteiger partial charge in [-0.15, -0.1) is 0 Å². The molecule has 1 aliphatic heterocycles. The smallest absolute Gasteiger partial charge is 0.413 e. The highest BCUT2D eigenvalue weighted by Crippen LogP contribution is 2.08. The van der Waals surface area contributed by atoms with Gasteiger partial charge >= 0.3 is 6.09 Å². The Morgan fingerprint density at radius 2 is 1.89 bits per heavy atom. The van der Waals surface area contributed by atoms with Gasteiger partial charge in [0.25, 0.3) is 0 Å². The fraction of sp³-hybridized carbons (Fsp3) is 0.833. The lowest BCUT2D eigenvalue weighted by molar-refractivity contribution is 0.0562. The molecule has 104 valence electrons. The molecule has 6 heteroatoms. The van der Waals surface area contributed by atoms with E-state index in [1.54, 1.807) is 0 Å². The lowest BCUT2D eigenvalue weighted by Crippen LogP contribution is -2.49. The van der Waals surface area contributed by atoms with Crippen LogP contribution in [0.5, 0.6) is 0 Å². The molecule has 0 spiro atoms. The number of hydrogen-bond acceptors (Lipinski definition) is 4. The summed E-state index contributed by atoms with van der Waals surface area (Å²) in [4.78, 5) is 13.8. The molecule has 1 rings (SSSR count). The first-order chi connectivity index (χ1) is 8.26. The van der Waals surface area contributed by atoms with E-state index < -0.39 is 11.7 Å². The standard InChI is InChI=1S/C12H23N3O2S/c1-12(2,3)17-11(16)14-10(18)13-9-5-7-15(4)8-6-9/h9H,5-8H2,1-4H3,(H2,13,14,16,18).